The van der Waals surface area contributed by atoms with Crippen molar-refractivity contribution in [1.82, 2.24) is 0 Å². The maximum Gasteiger partial charge on any atom is 0.161 e. The number of benzene rings is 1. The van der Waals surface area contributed by atoms with Crippen LogP contribution in [0.4, 0.5) is 0 Å². The van der Waals surface area contributed by atoms with E-state index < -0.39 is 0 Å². The lowest BCUT2D eigenvalue weighted by Crippen LogP contribution is -2.19. The van der Waals surface area contributed by atoms with Gasteiger partial charge >= 0.3 is 0 Å². The van der Waals surface area contributed by atoms with E-state index in [0.717, 1.165) is 17.1 Å². The second kappa shape index (κ2) is 5.38. The monoisotopic (exact) mass is 237 g/mol. The van der Waals surface area contributed by atoms with Crippen LogP contribution in [-0.2, 0) is 0 Å². The van der Waals surface area contributed by atoms with Crippen molar-refractivity contribution in [3.05, 3.63) is 23.8 Å². The van der Waals surface area contributed by atoms with Crippen LogP contribution in [0.15, 0.2) is 18.2 Å². The first-order valence-electron chi connectivity index (χ1n) is 5.98. The predicted molar refractivity (Wildman–Crippen MR) is 65.5 cm³/mol. The number of rotatable bonds is 4. The second-order valence-corrected chi connectivity index (χ2v) is 4.42. The number of hydrogen-bond donors (Lipinski definition) is 2. The number of nitrogens with two attached hydrogens (primary N) is 1. The normalized spacial score (nSPS) is 17.6. The van der Waals surface area contributed by atoms with Crippen LogP contribution in [-0.4, -0.2) is 31.0 Å². The van der Waals surface area contributed by atoms with E-state index in [4.69, 9.17) is 15.2 Å². The molecule has 2 atom stereocenters. The summed E-state index contributed by atoms with van der Waals surface area (Å²) in [5.41, 5.74) is 6.84. The molecule has 4 nitrogen and oxygen atoms in total. The quantitative estimate of drug-likeness (QED) is 0.827. The van der Waals surface area contributed by atoms with Gasteiger partial charge in [-0.1, -0.05) is 6.07 Å². The van der Waals surface area contributed by atoms with Crippen molar-refractivity contribution in [2.75, 3.05) is 19.8 Å². The zero-order valence-electron chi connectivity index (χ0n) is 10.1. The van der Waals surface area contributed by atoms with E-state index in [1.165, 1.54) is 0 Å². The lowest BCUT2D eigenvalue weighted by atomic mass is 9.93. The van der Waals surface area contributed by atoms with Gasteiger partial charge in [0.25, 0.3) is 0 Å². The summed E-state index contributed by atoms with van der Waals surface area (Å²) < 4.78 is 11.0. The van der Waals surface area contributed by atoms with Crippen LogP contribution in [0.5, 0.6) is 11.5 Å². The maximum atomic E-state index is 9.44. The number of fused-ring (bicyclic) bond motifs is 1. The third-order valence-corrected chi connectivity index (χ3v) is 2.95. The highest BCUT2D eigenvalue weighted by atomic mass is 16.6. The van der Waals surface area contributed by atoms with Crippen LogP contribution < -0.4 is 15.2 Å². The van der Waals surface area contributed by atoms with Crippen molar-refractivity contribution < 1.29 is 14.6 Å². The first-order valence-corrected chi connectivity index (χ1v) is 5.98. The maximum absolute atomic E-state index is 9.44. The highest BCUT2D eigenvalue weighted by Crippen LogP contribution is 2.33. The third kappa shape index (κ3) is 2.90. The van der Waals surface area contributed by atoms with Crippen LogP contribution in [0.2, 0.25) is 0 Å². The molecule has 1 heterocycles. The summed E-state index contributed by atoms with van der Waals surface area (Å²) in [6.07, 6.45) is 0.313. The zero-order valence-corrected chi connectivity index (χ0v) is 10.1. The Morgan fingerprint density at radius 2 is 2.00 bits per heavy atom. The molecule has 1 aliphatic rings. The van der Waals surface area contributed by atoms with Gasteiger partial charge in [0.15, 0.2) is 11.5 Å². The van der Waals surface area contributed by atoms with Gasteiger partial charge in [0.05, 0.1) is 6.10 Å². The van der Waals surface area contributed by atoms with Gasteiger partial charge in [0, 0.05) is 0 Å². The Morgan fingerprint density at radius 1 is 1.29 bits per heavy atom. The molecule has 2 unspecified atom stereocenters. The summed E-state index contributed by atoms with van der Waals surface area (Å²) in [5, 5.41) is 9.44. The molecule has 4 heteroatoms. The molecule has 17 heavy (non-hydrogen) atoms. The van der Waals surface area contributed by atoms with E-state index in [9.17, 15) is 5.11 Å². The Labute approximate surface area is 101 Å². The summed E-state index contributed by atoms with van der Waals surface area (Å²) in [7, 11) is 0. The van der Waals surface area contributed by atoms with Crippen molar-refractivity contribution in [2.24, 2.45) is 5.73 Å². The molecule has 0 aromatic heterocycles. The fourth-order valence-electron chi connectivity index (χ4n) is 2.09. The van der Waals surface area contributed by atoms with Gasteiger partial charge in [-0.3, -0.25) is 0 Å². The minimum absolute atomic E-state index is 0.158. The first-order chi connectivity index (χ1) is 8.20. The van der Waals surface area contributed by atoms with Crippen molar-refractivity contribution >= 4 is 0 Å². The molecule has 94 valence electrons. The summed E-state index contributed by atoms with van der Waals surface area (Å²) in [5.74, 6) is 1.72. The predicted octanol–water partition coefficient (Wildman–Crippen LogP) is 1.27. The molecule has 0 aliphatic carbocycles. The molecule has 0 amide bonds. The van der Waals surface area contributed by atoms with Gasteiger partial charge in [0.2, 0.25) is 0 Å². The van der Waals surface area contributed by atoms with Crippen LogP contribution in [0, 0.1) is 0 Å². The van der Waals surface area contributed by atoms with Crippen LogP contribution in [0.25, 0.3) is 0 Å². The standard InChI is InChI=1S/C13H19NO3/c1-9(15)6-11(8-14)10-2-3-12-13(7-10)17-5-4-16-12/h2-3,7,9,11,15H,4-6,8,14H2,1H3. The topological polar surface area (TPSA) is 64.7 Å². The highest BCUT2D eigenvalue weighted by Gasteiger charge is 2.17. The van der Waals surface area contributed by atoms with Crippen molar-refractivity contribution in [3.8, 4) is 11.5 Å². The minimum atomic E-state index is -0.350. The molecule has 3 N–H and O–H groups in total. The number of ether oxygens (including phenoxy) is 2. The Balaban J connectivity index is 2.19. The molecular weight excluding hydrogens is 218 g/mol. The lowest BCUT2D eigenvalue weighted by molar-refractivity contribution is 0.169. The molecule has 0 saturated heterocycles. The molecule has 0 bridgehead atoms. The van der Waals surface area contributed by atoms with E-state index >= 15 is 0 Å². The minimum Gasteiger partial charge on any atom is -0.486 e. The zero-order chi connectivity index (χ0) is 12.3. The van der Waals surface area contributed by atoms with Gasteiger partial charge in [-0.2, -0.15) is 0 Å². The summed E-state index contributed by atoms with van der Waals surface area (Å²) >= 11 is 0. The first kappa shape index (κ1) is 12.2. The SMILES string of the molecule is CC(O)CC(CN)c1ccc2c(c1)OCCO2. The molecule has 1 aromatic carbocycles. The summed E-state index contributed by atoms with van der Waals surface area (Å²) in [6, 6.07) is 5.87. The van der Waals surface area contributed by atoms with Crippen molar-refractivity contribution in [2.45, 2.75) is 25.4 Å². The molecule has 0 fully saturated rings. The lowest BCUT2D eigenvalue weighted by Gasteiger charge is -2.22. The van der Waals surface area contributed by atoms with Crippen molar-refractivity contribution in [1.29, 1.82) is 0 Å². The van der Waals surface area contributed by atoms with Gasteiger partial charge in [0.1, 0.15) is 13.2 Å². The van der Waals surface area contributed by atoms with Gasteiger partial charge in [-0.15, -0.1) is 0 Å². The van der Waals surface area contributed by atoms with Gasteiger partial charge < -0.3 is 20.3 Å². The molecule has 2 rings (SSSR count). The largest absolute Gasteiger partial charge is 0.486 e. The summed E-state index contributed by atoms with van der Waals surface area (Å²) in [4.78, 5) is 0. The Bertz CT molecular complexity index is 379. The van der Waals surface area contributed by atoms with E-state index in [0.29, 0.717) is 26.2 Å². The van der Waals surface area contributed by atoms with E-state index in [2.05, 4.69) is 0 Å². The molecule has 1 aliphatic heterocycles. The molecule has 1 aromatic rings. The molecule has 0 radical (unpaired) electrons. The Morgan fingerprint density at radius 3 is 2.65 bits per heavy atom. The van der Waals surface area contributed by atoms with Gasteiger partial charge in [-0.25, -0.2) is 0 Å². The van der Waals surface area contributed by atoms with Crippen LogP contribution in [0.3, 0.4) is 0 Å². The van der Waals surface area contributed by atoms with Crippen LogP contribution >= 0.6 is 0 Å². The second-order valence-electron chi connectivity index (χ2n) is 4.42. The average Bonchev–Trinajstić information content (AvgIpc) is 2.35. The summed E-state index contributed by atoms with van der Waals surface area (Å²) in [6.45, 7) is 3.48. The van der Waals surface area contributed by atoms with E-state index in [-0.39, 0.29) is 12.0 Å². The van der Waals surface area contributed by atoms with E-state index in [1.807, 2.05) is 18.2 Å². The molecule has 0 spiro atoms. The highest BCUT2D eigenvalue weighted by molar-refractivity contribution is 5.44. The van der Waals surface area contributed by atoms with Crippen molar-refractivity contribution in [3.63, 3.8) is 0 Å². The number of hydrogen-bond acceptors (Lipinski definition) is 4. The molecule has 0 saturated carbocycles. The Hall–Kier alpha value is -1.26. The average molecular weight is 237 g/mol. The fraction of sp³-hybridized carbons (Fsp3) is 0.538. The Kier molecular flexibility index (Phi) is 3.86. The fourth-order valence-corrected chi connectivity index (χ4v) is 2.09. The van der Waals surface area contributed by atoms with Crippen LogP contribution in [0.1, 0.15) is 24.8 Å². The smallest absolute Gasteiger partial charge is 0.161 e. The molecular formula is C13H19NO3. The number of aliphatic hydroxyl groups excluding tert-OH is 1. The number of aliphatic hydroxyl groups is 1. The van der Waals surface area contributed by atoms with E-state index in [1.54, 1.807) is 6.92 Å². The van der Waals surface area contributed by atoms with Gasteiger partial charge in [-0.05, 0) is 43.5 Å². The third-order valence-electron chi connectivity index (χ3n) is 2.95.